The van der Waals surface area contributed by atoms with Crippen molar-refractivity contribution >= 4 is 23.3 Å². The van der Waals surface area contributed by atoms with Crippen LogP contribution in [0.2, 0.25) is 0 Å². The third kappa shape index (κ3) is 3.70. The van der Waals surface area contributed by atoms with Crippen molar-refractivity contribution in [3.8, 4) is 11.3 Å². The highest BCUT2D eigenvalue weighted by Gasteiger charge is 2.14. The fourth-order valence-corrected chi connectivity index (χ4v) is 1.62. The molecule has 0 unspecified atom stereocenters. The van der Waals surface area contributed by atoms with Crippen LogP contribution in [0.1, 0.15) is 10.6 Å². The molecule has 2 rings (SSSR count). The topological polar surface area (TPSA) is 82.6 Å². The highest BCUT2D eigenvalue weighted by Crippen LogP contribution is 2.24. The molecule has 21 heavy (non-hydrogen) atoms. The number of carbonyl (C=O) groups excluding carboxylic acids is 1. The zero-order valence-electron chi connectivity index (χ0n) is 10.7. The van der Waals surface area contributed by atoms with Gasteiger partial charge in [0.1, 0.15) is 12.4 Å². The maximum atomic E-state index is 11.6. The zero-order valence-corrected chi connectivity index (χ0v) is 11.5. The van der Waals surface area contributed by atoms with E-state index < -0.39 is 10.9 Å². The Morgan fingerprint density at radius 3 is 2.52 bits per heavy atom. The minimum absolute atomic E-state index is 0.0151. The molecular formula is C14H10ClNO5. The van der Waals surface area contributed by atoms with Crippen molar-refractivity contribution in [2.24, 2.45) is 0 Å². The number of hydrogen-bond donors (Lipinski definition) is 0. The second kappa shape index (κ2) is 6.23. The van der Waals surface area contributed by atoms with Gasteiger partial charge in [-0.15, -0.1) is 0 Å². The van der Waals surface area contributed by atoms with Crippen LogP contribution in [0.4, 0.5) is 5.69 Å². The second-order valence-electron chi connectivity index (χ2n) is 4.06. The minimum Gasteiger partial charge on any atom is -0.454 e. The number of non-ortho nitro benzene ring substituents is 1. The molecule has 1 aromatic carbocycles. The van der Waals surface area contributed by atoms with Gasteiger partial charge in [0, 0.05) is 22.7 Å². The predicted octanol–water partition coefficient (Wildman–Crippen LogP) is 3.76. The summed E-state index contributed by atoms with van der Waals surface area (Å²) < 4.78 is 10.2. The summed E-state index contributed by atoms with van der Waals surface area (Å²) in [5.41, 5.74) is 0.590. The predicted molar refractivity (Wildman–Crippen MR) is 76.1 cm³/mol. The van der Waals surface area contributed by atoms with E-state index in [1.165, 1.54) is 30.3 Å². The van der Waals surface area contributed by atoms with Crippen molar-refractivity contribution in [2.45, 2.75) is 0 Å². The zero-order chi connectivity index (χ0) is 15.4. The molecule has 0 aliphatic carbocycles. The van der Waals surface area contributed by atoms with E-state index in [2.05, 4.69) is 6.58 Å². The van der Waals surface area contributed by atoms with Gasteiger partial charge < -0.3 is 9.15 Å². The lowest BCUT2D eigenvalue weighted by Gasteiger charge is -2.00. The Balaban J connectivity index is 2.13. The fourth-order valence-electron chi connectivity index (χ4n) is 1.57. The molecule has 1 heterocycles. The number of nitro benzene ring substituents is 1. The van der Waals surface area contributed by atoms with Crippen molar-refractivity contribution in [3.63, 3.8) is 0 Å². The molecular weight excluding hydrogens is 298 g/mol. The Hall–Kier alpha value is -2.60. The molecule has 1 aromatic heterocycles. The lowest BCUT2D eigenvalue weighted by molar-refractivity contribution is -0.384. The summed E-state index contributed by atoms with van der Waals surface area (Å²) in [7, 11) is 0. The quantitative estimate of drug-likeness (QED) is 0.477. The Bertz CT molecular complexity index is 690. The SMILES string of the molecule is C=C(Cl)COC(=O)c1ccc(-c2ccc([N+](=O)[O-])cc2)o1. The molecule has 0 aliphatic rings. The number of esters is 1. The van der Waals surface area contributed by atoms with E-state index in [1.807, 2.05) is 0 Å². The molecule has 0 spiro atoms. The van der Waals surface area contributed by atoms with E-state index in [1.54, 1.807) is 6.07 Å². The molecule has 0 bridgehead atoms. The Kier molecular flexibility index (Phi) is 4.39. The van der Waals surface area contributed by atoms with E-state index in [0.717, 1.165) is 0 Å². The summed E-state index contributed by atoms with van der Waals surface area (Å²) >= 11 is 5.49. The third-order valence-electron chi connectivity index (χ3n) is 2.53. The number of hydrogen-bond acceptors (Lipinski definition) is 5. The number of ether oxygens (including phenoxy) is 1. The first-order valence-electron chi connectivity index (χ1n) is 5.82. The van der Waals surface area contributed by atoms with Gasteiger partial charge in [-0.3, -0.25) is 10.1 Å². The Morgan fingerprint density at radius 2 is 1.95 bits per heavy atom. The van der Waals surface area contributed by atoms with Crippen LogP contribution in [0.5, 0.6) is 0 Å². The molecule has 0 saturated carbocycles. The lowest BCUT2D eigenvalue weighted by Crippen LogP contribution is -2.04. The van der Waals surface area contributed by atoms with Gasteiger partial charge in [0.2, 0.25) is 5.76 Å². The molecule has 7 heteroatoms. The summed E-state index contributed by atoms with van der Waals surface area (Å²) in [4.78, 5) is 21.7. The summed E-state index contributed by atoms with van der Waals surface area (Å²) in [5.74, 6) is -0.243. The van der Waals surface area contributed by atoms with Crippen LogP contribution < -0.4 is 0 Å². The summed E-state index contributed by atoms with van der Waals surface area (Å²) in [6.45, 7) is 3.30. The fraction of sp³-hybridized carbons (Fsp3) is 0.0714. The van der Waals surface area contributed by atoms with Crippen LogP contribution in [0.3, 0.4) is 0 Å². The molecule has 2 aromatic rings. The van der Waals surface area contributed by atoms with Crippen LogP contribution in [0.15, 0.2) is 52.4 Å². The molecule has 0 atom stereocenters. The highest BCUT2D eigenvalue weighted by atomic mass is 35.5. The largest absolute Gasteiger partial charge is 0.454 e. The average molecular weight is 308 g/mol. The molecule has 0 amide bonds. The lowest BCUT2D eigenvalue weighted by atomic mass is 10.1. The second-order valence-corrected chi connectivity index (χ2v) is 4.60. The number of furan rings is 1. The molecule has 6 nitrogen and oxygen atoms in total. The van der Waals surface area contributed by atoms with Gasteiger partial charge in [0.15, 0.2) is 0 Å². The van der Waals surface area contributed by atoms with Crippen molar-refractivity contribution < 1.29 is 18.9 Å². The summed E-state index contributed by atoms with van der Waals surface area (Å²) in [6.07, 6.45) is 0. The first-order valence-corrected chi connectivity index (χ1v) is 6.20. The van der Waals surface area contributed by atoms with Gasteiger partial charge in [0.25, 0.3) is 5.69 Å². The maximum absolute atomic E-state index is 11.6. The summed E-state index contributed by atoms with van der Waals surface area (Å²) in [5, 5.41) is 10.8. The number of carbonyl (C=O) groups is 1. The molecule has 108 valence electrons. The average Bonchev–Trinajstić information content (AvgIpc) is 2.94. The van der Waals surface area contributed by atoms with E-state index >= 15 is 0 Å². The normalized spacial score (nSPS) is 10.1. The smallest absolute Gasteiger partial charge is 0.374 e. The molecule has 0 N–H and O–H groups in total. The van der Waals surface area contributed by atoms with Crippen molar-refractivity contribution in [3.05, 3.63) is 63.9 Å². The molecule has 0 saturated heterocycles. The van der Waals surface area contributed by atoms with E-state index in [-0.39, 0.29) is 23.1 Å². The number of benzene rings is 1. The Labute approximate surface area is 124 Å². The van der Waals surface area contributed by atoms with Gasteiger partial charge in [-0.25, -0.2) is 4.79 Å². The van der Waals surface area contributed by atoms with Crippen LogP contribution in [-0.2, 0) is 4.74 Å². The van der Waals surface area contributed by atoms with E-state index in [0.29, 0.717) is 11.3 Å². The van der Waals surface area contributed by atoms with Crippen molar-refractivity contribution in [1.29, 1.82) is 0 Å². The van der Waals surface area contributed by atoms with Gasteiger partial charge >= 0.3 is 5.97 Å². The van der Waals surface area contributed by atoms with Crippen LogP contribution in [0, 0.1) is 10.1 Å². The number of nitro groups is 1. The van der Waals surface area contributed by atoms with E-state index in [4.69, 9.17) is 20.8 Å². The number of rotatable bonds is 5. The molecule has 0 aliphatic heterocycles. The van der Waals surface area contributed by atoms with Crippen molar-refractivity contribution in [1.82, 2.24) is 0 Å². The molecule has 0 radical (unpaired) electrons. The summed E-state index contributed by atoms with van der Waals surface area (Å²) in [6, 6.07) is 8.81. The van der Waals surface area contributed by atoms with Crippen molar-refractivity contribution in [2.75, 3.05) is 6.61 Å². The highest BCUT2D eigenvalue weighted by molar-refractivity contribution is 6.29. The first kappa shape index (κ1) is 14.8. The van der Waals surface area contributed by atoms with Gasteiger partial charge in [-0.2, -0.15) is 0 Å². The van der Waals surface area contributed by atoms with Crippen LogP contribution in [0.25, 0.3) is 11.3 Å². The standard InChI is InChI=1S/C14H10ClNO5/c1-9(15)8-20-14(17)13-7-6-12(21-13)10-2-4-11(5-3-10)16(18)19/h2-7H,1,8H2. The van der Waals surface area contributed by atoms with Crippen LogP contribution >= 0.6 is 11.6 Å². The Morgan fingerprint density at radius 1 is 1.29 bits per heavy atom. The van der Waals surface area contributed by atoms with Crippen LogP contribution in [-0.4, -0.2) is 17.5 Å². The maximum Gasteiger partial charge on any atom is 0.374 e. The number of nitrogens with zero attached hydrogens (tertiary/aromatic N) is 1. The van der Waals surface area contributed by atoms with Gasteiger partial charge in [-0.1, -0.05) is 18.2 Å². The third-order valence-corrected chi connectivity index (χ3v) is 2.64. The van der Waals surface area contributed by atoms with E-state index in [9.17, 15) is 14.9 Å². The molecule has 0 fully saturated rings. The monoisotopic (exact) mass is 307 g/mol. The number of halogens is 1. The van der Waals surface area contributed by atoms with Gasteiger partial charge in [0.05, 0.1) is 4.92 Å². The first-order chi connectivity index (χ1) is 9.97. The minimum atomic E-state index is -0.662. The van der Waals surface area contributed by atoms with Gasteiger partial charge in [-0.05, 0) is 24.3 Å².